The lowest BCUT2D eigenvalue weighted by molar-refractivity contribution is -0.186. The molecule has 2 aliphatic rings. The molecule has 3 rings (SSSR count). The Morgan fingerprint density at radius 2 is 1.95 bits per heavy atom. The van der Waals surface area contributed by atoms with Crippen LogP contribution in [0, 0.1) is 5.41 Å². The highest BCUT2D eigenvalue weighted by molar-refractivity contribution is 5.75. The first-order valence-electron chi connectivity index (χ1n) is 7.59. The van der Waals surface area contributed by atoms with Crippen molar-refractivity contribution in [3.63, 3.8) is 0 Å². The topological polar surface area (TPSA) is 54.0 Å². The van der Waals surface area contributed by atoms with E-state index in [1.54, 1.807) is 0 Å². The molecule has 120 valence electrons. The van der Waals surface area contributed by atoms with Gasteiger partial charge in [-0.15, -0.1) is 0 Å². The third-order valence-corrected chi connectivity index (χ3v) is 3.83. The van der Waals surface area contributed by atoms with Crippen LogP contribution in [0.3, 0.4) is 0 Å². The molecule has 0 aliphatic carbocycles. The van der Waals surface area contributed by atoms with Gasteiger partial charge in [-0.1, -0.05) is 30.3 Å². The van der Waals surface area contributed by atoms with Crippen LogP contribution in [-0.4, -0.2) is 37.2 Å². The monoisotopic (exact) mass is 306 g/mol. The zero-order valence-electron chi connectivity index (χ0n) is 13.2. The van der Waals surface area contributed by atoms with Gasteiger partial charge < -0.3 is 18.9 Å². The maximum Gasteiger partial charge on any atom is 0.311 e. The Balaban J connectivity index is 1.64. The quantitative estimate of drug-likeness (QED) is 0.799. The van der Waals surface area contributed by atoms with E-state index in [9.17, 15) is 4.79 Å². The van der Waals surface area contributed by atoms with E-state index >= 15 is 0 Å². The Morgan fingerprint density at radius 3 is 2.64 bits per heavy atom. The van der Waals surface area contributed by atoms with Crippen molar-refractivity contribution in [2.75, 3.05) is 6.61 Å². The zero-order valence-corrected chi connectivity index (χ0v) is 13.2. The second-order valence-electron chi connectivity index (χ2n) is 6.76. The summed E-state index contributed by atoms with van der Waals surface area (Å²) in [6.07, 6.45) is -1.48. The summed E-state index contributed by atoms with van der Waals surface area (Å²) in [5.41, 5.74) is 0.512. The predicted octanol–water partition coefficient (Wildman–Crippen LogP) is 2.28. The van der Waals surface area contributed by atoms with Crippen molar-refractivity contribution in [2.45, 2.75) is 52.0 Å². The molecule has 0 unspecified atom stereocenters. The summed E-state index contributed by atoms with van der Waals surface area (Å²) in [4.78, 5) is 12.1. The van der Waals surface area contributed by atoms with Crippen molar-refractivity contribution >= 4 is 5.97 Å². The van der Waals surface area contributed by atoms with Crippen LogP contribution in [-0.2, 0) is 30.3 Å². The number of fused-ring (bicyclic) bond motifs is 2. The van der Waals surface area contributed by atoms with Gasteiger partial charge in [0, 0.05) is 0 Å². The molecule has 0 aromatic heterocycles. The highest BCUT2D eigenvalue weighted by atomic mass is 16.8. The van der Waals surface area contributed by atoms with Gasteiger partial charge in [-0.3, -0.25) is 4.79 Å². The van der Waals surface area contributed by atoms with Crippen LogP contribution < -0.4 is 0 Å². The summed E-state index contributed by atoms with van der Waals surface area (Å²) in [6.45, 7) is 6.41. The van der Waals surface area contributed by atoms with E-state index in [-0.39, 0.29) is 18.2 Å². The first-order valence-corrected chi connectivity index (χ1v) is 7.59. The summed E-state index contributed by atoms with van der Waals surface area (Å²) in [6, 6.07) is 9.90. The molecule has 2 heterocycles. The standard InChI is InChI=1S/C17H22O5/c1-17(2,3)16(18)22-14-13(12-10-20-15(14)21-12)19-9-11-7-5-4-6-8-11/h4-8,12-15H,9-10H2,1-3H3/t12-,13+,14-,15-/m1/s1. The third kappa shape index (κ3) is 3.16. The molecule has 2 saturated heterocycles. The van der Waals surface area contributed by atoms with E-state index in [4.69, 9.17) is 18.9 Å². The smallest absolute Gasteiger partial charge is 0.311 e. The average Bonchev–Trinajstić information content (AvgIpc) is 3.07. The molecule has 0 radical (unpaired) electrons. The van der Waals surface area contributed by atoms with Gasteiger partial charge >= 0.3 is 5.97 Å². The summed E-state index contributed by atoms with van der Waals surface area (Å²) >= 11 is 0. The van der Waals surface area contributed by atoms with Crippen molar-refractivity contribution in [1.29, 1.82) is 0 Å². The fraction of sp³-hybridized carbons (Fsp3) is 0.588. The fourth-order valence-electron chi connectivity index (χ4n) is 2.54. The lowest BCUT2D eigenvalue weighted by Crippen LogP contribution is -2.46. The highest BCUT2D eigenvalue weighted by Crippen LogP contribution is 2.35. The Kier molecular flexibility index (Phi) is 4.21. The van der Waals surface area contributed by atoms with E-state index < -0.39 is 17.8 Å². The van der Waals surface area contributed by atoms with Gasteiger partial charge in [0.25, 0.3) is 0 Å². The molecule has 0 N–H and O–H groups in total. The second kappa shape index (κ2) is 5.99. The molecule has 22 heavy (non-hydrogen) atoms. The Bertz CT molecular complexity index is 522. The third-order valence-electron chi connectivity index (χ3n) is 3.83. The molecular weight excluding hydrogens is 284 g/mol. The number of carbonyl (C=O) groups is 1. The van der Waals surface area contributed by atoms with E-state index in [2.05, 4.69) is 0 Å². The van der Waals surface area contributed by atoms with Crippen molar-refractivity contribution in [3.8, 4) is 0 Å². The number of benzene rings is 1. The normalized spacial score (nSPS) is 30.5. The molecule has 2 fully saturated rings. The minimum atomic E-state index is -0.564. The van der Waals surface area contributed by atoms with Crippen LogP contribution >= 0.6 is 0 Å². The number of rotatable bonds is 4. The number of carbonyl (C=O) groups excluding carboxylic acids is 1. The molecule has 1 aromatic carbocycles. The first kappa shape index (κ1) is 15.5. The second-order valence-corrected chi connectivity index (χ2v) is 6.76. The molecule has 2 bridgehead atoms. The van der Waals surface area contributed by atoms with E-state index in [1.807, 2.05) is 51.1 Å². The van der Waals surface area contributed by atoms with Crippen molar-refractivity contribution in [2.24, 2.45) is 5.41 Å². The number of hydrogen-bond acceptors (Lipinski definition) is 5. The molecule has 2 aliphatic heterocycles. The van der Waals surface area contributed by atoms with E-state index in [0.29, 0.717) is 13.2 Å². The predicted molar refractivity (Wildman–Crippen MR) is 79.0 cm³/mol. The Hall–Kier alpha value is -1.43. The lowest BCUT2D eigenvalue weighted by atomic mass is 9.97. The summed E-state index contributed by atoms with van der Waals surface area (Å²) in [7, 11) is 0. The largest absolute Gasteiger partial charge is 0.454 e. The fourth-order valence-corrected chi connectivity index (χ4v) is 2.54. The van der Waals surface area contributed by atoms with Gasteiger partial charge in [0.05, 0.1) is 18.6 Å². The average molecular weight is 306 g/mol. The summed E-state index contributed by atoms with van der Waals surface area (Å²) < 4.78 is 22.7. The van der Waals surface area contributed by atoms with Gasteiger partial charge in [0.2, 0.25) is 0 Å². The Labute approximate surface area is 130 Å². The summed E-state index contributed by atoms with van der Waals surface area (Å²) in [5.74, 6) is -0.273. The molecule has 1 aromatic rings. The first-order chi connectivity index (χ1) is 10.4. The minimum absolute atomic E-state index is 0.175. The van der Waals surface area contributed by atoms with Crippen LogP contribution in [0.15, 0.2) is 30.3 Å². The van der Waals surface area contributed by atoms with E-state index in [1.165, 1.54) is 0 Å². The Morgan fingerprint density at radius 1 is 1.23 bits per heavy atom. The molecule has 0 saturated carbocycles. The SMILES string of the molecule is CC(C)(C)C(=O)O[C@H]1[C@@H]2OC[C@@H](O2)[C@@H]1OCc1ccccc1. The van der Waals surface area contributed by atoms with Crippen LogP contribution in [0.5, 0.6) is 0 Å². The molecule has 5 nitrogen and oxygen atoms in total. The van der Waals surface area contributed by atoms with Crippen LogP contribution in [0.2, 0.25) is 0 Å². The molecular formula is C17H22O5. The molecule has 0 amide bonds. The maximum atomic E-state index is 12.1. The molecule has 4 atom stereocenters. The van der Waals surface area contributed by atoms with E-state index in [0.717, 1.165) is 5.56 Å². The molecule has 0 spiro atoms. The highest BCUT2D eigenvalue weighted by Gasteiger charge is 2.54. The van der Waals surface area contributed by atoms with Crippen molar-refractivity contribution in [3.05, 3.63) is 35.9 Å². The van der Waals surface area contributed by atoms with Crippen LogP contribution in [0.25, 0.3) is 0 Å². The van der Waals surface area contributed by atoms with Gasteiger partial charge in [-0.25, -0.2) is 0 Å². The number of ether oxygens (including phenoxy) is 4. The minimum Gasteiger partial charge on any atom is -0.454 e. The zero-order chi connectivity index (χ0) is 15.7. The van der Waals surface area contributed by atoms with Crippen molar-refractivity contribution < 1.29 is 23.7 Å². The maximum absolute atomic E-state index is 12.1. The van der Waals surface area contributed by atoms with Gasteiger partial charge in [-0.05, 0) is 26.3 Å². The van der Waals surface area contributed by atoms with Crippen LogP contribution in [0.1, 0.15) is 26.3 Å². The van der Waals surface area contributed by atoms with Crippen molar-refractivity contribution in [1.82, 2.24) is 0 Å². The van der Waals surface area contributed by atoms with Gasteiger partial charge in [0.1, 0.15) is 12.2 Å². The lowest BCUT2D eigenvalue weighted by Gasteiger charge is -2.30. The number of esters is 1. The van der Waals surface area contributed by atoms with Gasteiger partial charge in [-0.2, -0.15) is 0 Å². The van der Waals surface area contributed by atoms with Crippen LogP contribution in [0.4, 0.5) is 0 Å². The molecule has 5 heteroatoms. The number of hydrogen-bond donors (Lipinski definition) is 0. The summed E-state index contributed by atoms with van der Waals surface area (Å²) in [5, 5.41) is 0. The van der Waals surface area contributed by atoms with Gasteiger partial charge in [0.15, 0.2) is 12.4 Å².